The molecule has 18 heavy (non-hydrogen) atoms. The van der Waals surface area contributed by atoms with Crippen LogP contribution in [0.3, 0.4) is 0 Å². The van der Waals surface area contributed by atoms with E-state index in [0.29, 0.717) is 5.56 Å². The predicted molar refractivity (Wildman–Crippen MR) is 65.2 cm³/mol. The van der Waals surface area contributed by atoms with Crippen molar-refractivity contribution in [3.05, 3.63) is 29.6 Å². The normalized spacial score (nSPS) is 10.0. The van der Waals surface area contributed by atoms with Gasteiger partial charge in [-0.05, 0) is 25.1 Å². The Morgan fingerprint density at radius 3 is 2.50 bits per heavy atom. The fourth-order valence-electron chi connectivity index (χ4n) is 1.31. The van der Waals surface area contributed by atoms with Gasteiger partial charge >= 0.3 is 0 Å². The van der Waals surface area contributed by atoms with Gasteiger partial charge in [-0.2, -0.15) is 0 Å². The molecule has 0 radical (unpaired) electrons. The topological polar surface area (TPSA) is 46.6 Å². The first-order valence-corrected chi connectivity index (χ1v) is 5.55. The zero-order valence-corrected chi connectivity index (χ0v) is 10.7. The van der Waals surface area contributed by atoms with E-state index in [1.807, 2.05) is 0 Å². The average Bonchev–Trinajstić information content (AvgIpc) is 2.30. The lowest BCUT2D eigenvalue weighted by molar-refractivity contribution is -0.129. The summed E-state index contributed by atoms with van der Waals surface area (Å²) in [6.45, 7) is 1.47. The number of carbonyl (C=O) groups excluding carboxylic acids is 2. The van der Waals surface area contributed by atoms with Crippen LogP contribution in [0.5, 0.6) is 5.75 Å². The molecular weight excluding hydrogens is 237 g/mol. The fraction of sp³-hybridized carbons (Fsp3) is 0.385. The van der Waals surface area contributed by atoms with Crippen LogP contribution in [0.1, 0.15) is 23.7 Å². The minimum Gasteiger partial charge on any atom is -0.490 e. The molecular formula is C13H16FNO3. The van der Waals surface area contributed by atoms with E-state index in [0.717, 1.165) is 6.07 Å². The molecule has 0 atom stereocenters. The summed E-state index contributed by atoms with van der Waals surface area (Å²) >= 11 is 0. The van der Waals surface area contributed by atoms with E-state index in [1.165, 1.54) is 24.0 Å². The lowest BCUT2D eigenvalue weighted by Crippen LogP contribution is -2.23. The summed E-state index contributed by atoms with van der Waals surface area (Å²) in [4.78, 5) is 23.7. The van der Waals surface area contributed by atoms with Crippen LogP contribution >= 0.6 is 0 Å². The van der Waals surface area contributed by atoms with Gasteiger partial charge in [0.1, 0.15) is 0 Å². The summed E-state index contributed by atoms with van der Waals surface area (Å²) in [5, 5.41) is 0. The molecule has 0 aliphatic carbocycles. The SMILES string of the molecule is CC(=O)c1ccc(OCCC(=O)N(C)C)c(F)c1. The molecule has 0 aromatic heterocycles. The highest BCUT2D eigenvalue weighted by Crippen LogP contribution is 2.18. The number of ketones is 1. The van der Waals surface area contributed by atoms with Crippen molar-refractivity contribution in [3.63, 3.8) is 0 Å². The number of rotatable bonds is 5. The lowest BCUT2D eigenvalue weighted by Gasteiger charge is -2.11. The predicted octanol–water partition coefficient (Wildman–Crippen LogP) is 1.89. The van der Waals surface area contributed by atoms with Crippen LogP contribution in [0.15, 0.2) is 18.2 Å². The number of benzene rings is 1. The molecule has 0 spiro atoms. The van der Waals surface area contributed by atoms with Crippen LogP contribution in [0, 0.1) is 5.82 Å². The molecule has 0 aliphatic rings. The molecule has 0 N–H and O–H groups in total. The van der Waals surface area contributed by atoms with Crippen molar-refractivity contribution in [1.82, 2.24) is 4.90 Å². The van der Waals surface area contributed by atoms with Crippen LogP contribution in [0.25, 0.3) is 0 Å². The zero-order valence-electron chi connectivity index (χ0n) is 10.7. The summed E-state index contributed by atoms with van der Waals surface area (Å²) in [6, 6.07) is 4.02. The minimum atomic E-state index is -0.597. The third-order valence-electron chi connectivity index (χ3n) is 2.41. The van der Waals surface area contributed by atoms with Crippen LogP contribution in [-0.2, 0) is 4.79 Å². The number of hydrogen-bond donors (Lipinski definition) is 0. The number of amides is 1. The molecule has 0 saturated carbocycles. The first-order chi connectivity index (χ1) is 8.41. The number of carbonyl (C=O) groups is 2. The third kappa shape index (κ3) is 3.84. The summed E-state index contributed by atoms with van der Waals surface area (Å²) in [5.74, 6) is -0.842. The molecule has 1 rings (SSSR count). The fourth-order valence-corrected chi connectivity index (χ4v) is 1.31. The largest absolute Gasteiger partial charge is 0.490 e. The van der Waals surface area contributed by atoms with Crippen molar-refractivity contribution in [1.29, 1.82) is 0 Å². The van der Waals surface area contributed by atoms with Crippen LogP contribution in [0.2, 0.25) is 0 Å². The van der Waals surface area contributed by atoms with Gasteiger partial charge in [0, 0.05) is 19.7 Å². The maximum Gasteiger partial charge on any atom is 0.225 e. The smallest absolute Gasteiger partial charge is 0.225 e. The van der Waals surface area contributed by atoms with E-state index < -0.39 is 5.82 Å². The Kier molecular flexibility index (Phi) is 4.83. The second-order valence-corrected chi connectivity index (χ2v) is 4.09. The first kappa shape index (κ1) is 14.2. The Morgan fingerprint density at radius 2 is 2.00 bits per heavy atom. The van der Waals surface area contributed by atoms with Gasteiger partial charge < -0.3 is 9.64 Å². The maximum absolute atomic E-state index is 13.5. The minimum absolute atomic E-state index is 0.0477. The monoisotopic (exact) mass is 253 g/mol. The lowest BCUT2D eigenvalue weighted by atomic mass is 10.1. The van der Waals surface area contributed by atoms with Crippen molar-refractivity contribution in [2.75, 3.05) is 20.7 Å². The summed E-state index contributed by atoms with van der Waals surface area (Å²) in [6.07, 6.45) is 0.181. The Morgan fingerprint density at radius 1 is 1.33 bits per heavy atom. The molecule has 5 heteroatoms. The van der Waals surface area contributed by atoms with Crippen molar-refractivity contribution in [3.8, 4) is 5.75 Å². The van der Waals surface area contributed by atoms with Gasteiger partial charge in [-0.1, -0.05) is 0 Å². The standard InChI is InChI=1S/C13H16FNO3/c1-9(16)10-4-5-12(11(14)8-10)18-7-6-13(17)15(2)3/h4-5,8H,6-7H2,1-3H3. The second kappa shape index (κ2) is 6.14. The molecule has 0 saturated heterocycles. The van der Waals surface area contributed by atoms with Crippen LogP contribution in [-0.4, -0.2) is 37.3 Å². The number of Topliss-reactive ketones (excluding diaryl/α,β-unsaturated/α-hetero) is 1. The average molecular weight is 253 g/mol. The summed E-state index contributed by atoms with van der Waals surface area (Å²) in [7, 11) is 3.29. The Hall–Kier alpha value is -1.91. The highest BCUT2D eigenvalue weighted by Gasteiger charge is 2.09. The number of halogens is 1. The van der Waals surface area contributed by atoms with Gasteiger partial charge in [0.2, 0.25) is 5.91 Å². The van der Waals surface area contributed by atoms with Gasteiger partial charge in [0.05, 0.1) is 13.0 Å². The van der Waals surface area contributed by atoms with Crippen molar-refractivity contribution in [2.45, 2.75) is 13.3 Å². The van der Waals surface area contributed by atoms with Gasteiger partial charge in [-0.25, -0.2) is 4.39 Å². The molecule has 1 aromatic rings. The van der Waals surface area contributed by atoms with Crippen molar-refractivity contribution in [2.24, 2.45) is 0 Å². The molecule has 0 fully saturated rings. The van der Waals surface area contributed by atoms with Crippen molar-refractivity contribution >= 4 is 11.7 Å². The van der Waals surface area contributed by atoms with Gasteiger partial charge in [0.15, 0.2) is 17.3 Å². The molecule has 98 valence electrons. The number of ether oxygens (including phenoxy) is 1. The Bertz CT molecular complexity index is 458. The van der Waals surface area contributed by atoms with E-state index in [1.54, 1.807) is 14.1 Å². The number of hydrogen-bond acceptors (Lipinski definition) is 3. The van der Waals surface area contributed by atoms with Crippen LogP contribution in [0.4, 0.5) is 4.39 Å². The van der Waals surface area contributed by atoms with E-state index in [-0.39, 0.29) is 30.5 Å². The molecule has 0 aliphatic heterocycles. The summed E-state index contributed by atoms with van der Waals surface area (Å²) < 4.78 is 18.7. The van der Waals surface area contributed by atoms with E-state index in [9.17, 15) is 14.0 Å². The van der Waals surface area contributed by atoms with Crippen LogP contribution < -0.4 is 4.74 Å². The molecule has 1 aromatic carbocycles. The van der Waals surface area contributed by atoms with Gasteiger partial charge in [-0.15, -0.1) is 0 Å². The molecule has 0 heterocycles. The quantitative estimate of drug-likeness (QED) is 0.753. The maximum atomic E-state index is 13.5. The first-order valence-electron chi connectivity index (χ1n) is 5.55. The highest BCUT2D eigenvalue weighted by atomic mass is 19.1. The second-order valence-electron chi connectivity index (χ2n) is 4.09. The van der Waals surface area contributed by atoms with E-state index in [4.69, 9.17) is 4.74 Å². The van der Waals surface area contributed by atoms with Gasteiger partial charge in [0.25, 0.3) is 0 Å². The summed E-state index contributed by atoms with van der Waals surface area (Å²) in [5.41, 5.74) is 0.296. The third-order valence-corrected chi connectivity index (χ3v) is 2.41. The molecule has 0 bridgehead atoms. The van der Waals surface area contributed by atoms with E-state index in [2.05, 4.69) is 0 Å². The van der Waals surface area contributed by atoms with Crippen molar-refractivity contribution < 1.29 is 18.7 Å². The zero-order chi connectivity index (χ0) is 13.7. The highest BCUT2D eigenvalue weighted by molar-refractivity contribution is 5.94. The Labute approximate surface area is 105 Å². The molecule has 0 unspecified atom stereocenters. The molecule has 4 nitrogen and oxygen atoms in total. The Balaban J connectivity index is 2.58. The molecule has 1 amide bonds. The van der Waals surface area contributed by atoms with E-state index >= 15 is 0 Å². The number of nitrogens with zero attached hydrogens (tertiary/aromatic N) is 1. The van der Waals surface area contributed by atoms with Gasteiger partial charge in [-0.3, -0.25) is 9.59 Å².